The maximum atomic E-state index is 13.7. The van der Waals surface area contributed by atoms with Crippen LogP contribution in [0.3, 0.4) is 0 Å². The number of carboxylic acid groups (broad SMARTS) is 1. The van der Waals surface area contributed by atoms with E-state index in [1.54, 1.807) is 23.1 Å². The first kappa shape index (κ1) is 17.1. The van der Waals surface area contributed by atoms with Gasteiger partial charge in [-0.15, -0.1) is 0 Å². The summed E-state index contributed by atoms with van der Waals surface area (Å²) >= 11 is 0. The standard InChI is InChI=1S/C20H20FNO3/c21-17-9-5-4-6-15(17)14-18(23)22-12-10-20(11-13-22,19(24)25)16-7-2-1-3-8-16/h1-9H,10-14H2,(H,24,25). The number of benzene rings is 2. The number of likely N-dealkylation sites (tertiary alicyclic amines) is 1. The minimum Gasteiger partial charge on any atom is -0.481 e. The van der Waals surface area contributed by atoms with E-state index < -0.39 is 17.2 Å². The van der Waals surface area contributed by atoms with E-state index in [0.29, 0.717) is 31.5 Å². The van der Waals surface area contributed by atoms with E-state index in [1.165, 1.54) is 6.07 Å². The van der Waals surface area contributed by atoms with E-state index in [0.717, 1.165) is 5.56 Å². The highest BCUT2D eigenvalue weighted by molar-refractivity contribution is 5.83. The minimum absolute atomic E-state index is 0.00190. The number of piperidine rings is 1. The smallest absolute Gasteiger partial charge is 0.314 e. The molecule has 25 heavy (non-hydrogen) atoms. The largest absolute Gasteiger partial charge is 0.481 e. The van der Waals surface area contributed by atoms with E-state index in [-0.39, 0.29) is 12.3 Å². The molecule has 1 heterocycles. The molecule has 2 aromatic carbocycles. The molecule has 2 aromatic rings. The fourth-order valence-corrected chi connectivity index (χ4v) is 3.44. The van der Waals surface area contributed by atoms with Gasteiger partial charge < -0.3 is 10.0 Å². The molecule has 0 unspecified atom stereocenters. The van der Waals surface area contributed by atoms with Gasteiger partial charge in [-0.2, -0.15) is 0 Å². The van der Waals surface area contributed by atoms with Crippen LogP contribution in [0.2, 0.25) is 0 Å². The lowest BCUT2D eigenvalue weighted by atomic mass is 9.73. The molecule has 1 aliphatic heterocycles. The summed E-state index contributed by atoms with van der Waals surface area (Å²) in [6.07, 6.45) is 0.711. The number of hydrogen-bond acceptors (Lipinski definition) is 2. The summed E-state index contributed by atoms with van der Waals surface area (Å²) in [6, 6.07) is 15.4. The van der Waals surface area contributed by atoms with E-state index in [2.05, 4.69) is 0 Å². The molecular formula is C20H20FNO3. The normalized spacial score (nSPS) is 16.4. The van der Waals surface area contributed by atoms with Crippen molar-refractivity contribution in [3.63, 3.8) is 0 Å². The average Bonchev–Trinajstić information content (AvgIpc) is 2.64. The van der Waals surface area contributed by atoms with E-state index >= 15 is 0 Å². The van der Waals surface area contributed by atoms with Crippen molar-refractivity contribution in [1.29, 1.82) is 0 Å². The van der Waals surface area contributed by atoms with Crippen LogP contribution in [-0.2, 0) is 21.4 Å². The molecule has 0 atom stereocenters. The number of amides is 1. The second kappa shape index (κ2) is 7.05. The molecule has 1 N–H and O–H groups in total. The van der Waals surface area contributed by atoms with Crippen LogP contribution >= 0.6 is 0 Å². The predicted molar refractivity (Wildman–Crippen MR) is 91.7 cm³/mol. The number of aliphatic carboxylic acids is 1. The second-order valence-corrected chi connectivity index (χ2v) is 6.40. The zero-order valence-electron chi connectivity index (χ0n) is 13.8. The molecule has 0 spiro atoms. The molecule has 1 amide bonds. The maximum absolute atomic E-state index is 13.7. The van der Waals surface area contributed by atoms with Gasteiger partial charge in [-0.1, -0.05) is 48.5 Å². The van der Waals surface area contributed by atoms with Crippen LogP contribution in [0.4, 0.5) is 4.39 Å². The Morgan fingerprint density at radius 2 is 1.60 bits per heavy atom. The molecule has 0 radical (unpaired) electrons. The number of hydrogen-bond donors (Lipinski definition) is 1. The molecule has 0 aliphatic carbocycles. The Labute approximate surface area is 145 Å². The Bertz CT molecular complexity index is 768. The predicted octanol–water partition coefficient (Wildman–Crippen LogP) is 3.01. The first-order valence-electron chi connectivity index (χ1n) is 8.33. The first-order valence-corrected chi connectivity index (χ1v) is 8.33. The number of rotatable bonds is 4. The topological polar surface area (TPSA) is 57.6 Å². The third-order valence-electron chi connectivity index (χ3n) is 5.00. The Kier molecular flexibility index (Phi) is 4.83. The Hall–Kier alpha value is -2.69. The lowest BCUT2D eigenvalue weighted by molar-refractivity contribution is -0.148. The summed E-state index contributed by atoms with van der Waals surface area (Å²) in [5.74, 6) is -1.42. The van der Waals surface area contributed by atoms with Crippen molar-refractivity contribution in [2.75, 3.05) is 13.1 Å². The van der Waals surface area contributed by atoms with E-state index in [1.807, 2.05) is 30.3 Å². The molecule has 0 bridgehead atoms. The third-order valence-corrected chi connectivity index (χ3v) is 5.00. The van der Waals surface area contributed by atoms with Gasteiger partial charge in [-0.25, -0.2) is 4.39 Å². The van der Waals surface area contributed by atoms with Gasteiger partial charge in [0.25, 0.3) is 0 Å². The molecule has 1 fully saturated rings. The number of carbonyl (C=O) groups excluding carboxylic acids is 1. The van der Waals surface area contributed by atoms with Crippen LogP contribution < -0.4 is 0 Å². The van der Waals surface area contributed by atoms with Crippen LogP contribution in [0.25, 0.3) is 0 Å². The Morgan fingerprint density at radius 1 is 1.00 bits per heavy atom. The van der Waals surface area contributed by atoms with Gasteiger partial charge >= 0.3 is 5.97 Å². The van der Waals surface area contributed by atoms with Crippen molar-refractivity contribution < 1.29 is 19.1 Å². The lowest BCUT2D eigenvalue weighted by Gasteiger charge is -2.39. The summed E-state index contributed by atoms with van der Waals surface area (Å²) in [4.78, 5) is 26.0. The van der Waals surface area contributed by atoms with Gasteiger partial charge in [0.15, 0.2) is 0 Å². The molecule has 4 nitrogen and oxygen atoms in total. The van der Waals surface area contributed by atoms with Crippen molar-refractivity contribution in [3.05, 3.63) is 71.5 Å². The van der Waals surface area contributed by atoms with Crippen molar-refractivity contribution in [3.8, 4) is 0 Å². The quantitative estimate of drug-likeness (QED) is 0.930. The van der Waals surface area contributed by atoms with Gasteiger partial charge in [0, 0.05) is 13.1 Å². The van der Waals surface area contributed by atoms with Gasteiger partial charge in [-0.3, -0.25) is 9.59 Å². The third kappa shape index (κ3) is 3.40. The fourth-order valence-electron chi connectivity index (χ4n) is 3.44. The van der Waals surface area contributed by atoms with E-state index in [9.17, 15) is 19.1 Å². The first-order chi connectivity index (χ1) is 12.0. The van der Waals surface area contributed by atoms with Gasteiger partial charge in [0.2, 0.25) is 5.91 Å². The molecule has 1 aliphatic rings. The fraction of sp³-hybridized carbons (Fsp3) is 0.300. The molecule has 3 rings (SSSR count). The van der Waals surface area contributed by atoms with Gasteiger partial charge in [-0.05, 0) is 30.0 Å². The Balaban J connectivity index is 1.71. The van der Waals surface area contributed by atoms with Crippen LogP contribution in [0.5, 0.6) is 0 Å². The molecule has 0 saturated carbocycles. The highest BCUT2D eigenvalue weighted by Crippen LogP contribution is 2.36. The Morgan fingerprint density at radius 3 is 2.20 bits per heavy atom. The monoisotopic (exact) mass is 341 g/mol. The second-order valence-electron chi connectivity index (χ2n) is 6.40. The summed E-state index contributed by atoms with van der Waals surface area (Å²) in [5.41, 5.74) is 0.171. The highest BCUT2D eigenvalue weighted by atomic mass is 19.1. The molecule has 1 saturated heterocycles. The summed E-state index contributed by atoms with van der Waals surface area (Å²) in [7, 11) is 0. The van der Waals surface area contributed by atoms with Crippen molar-refractivity contribution in [2.24, 2.45) is 0 Å². The number of carboxylic acids is 1. The SMILES string of the molecule is O=C(Cc1ccccc1F)N1CCC(C(=O)O)(c2ccccc2)CC1. The molecule has 130 valence electrons. The van der Waals surface area contributed by atoms with Crippen LogP contribution in [0.15, 0.2) is 54.6 Å². The average molecular weight is 341 g/mol. The lowest BCUT2D eigenvalue weighted by Crippen LogP contribution is -2.49. The summed E-state index contributed by atoms with van der Waals surface area (Å²) in [6.45, 7) is 0.711. The van der Waals surface area contributed by atoms with Crippen LogP contribution in [0.1, 0.15) is 24.0 Å². The number of halogens is 1. The molecule has 5 heteroatoms. The van der Waals surface area contributed by atoms with Gasteiger partial charge in [0.05, 0.1) is 11.8 Å². The minimum atomic E-state index is -0.962. The molecular weight excluding hydrogens is 321 g/mol. The van der Waals surface area contributed by atoms with E-state index in [4.69, 9.17) is 0 Å². The van der Waals surface area contributed by atoms with Crippen molar-refractivity contribution in [2.45, 2.75) is 24.7 Å². The zero-order chi connectivity index (χ0) is 17.9. The zero-order valence-corrected chi connectivity index (χ0v) is 13.8. The number of carbonyl (C=O) groups is 2. The van der Waals surface area contributed by atoms with Crippen molar-refractivity contribution >= 4 is 11.9 Å². The van der Waals surface area contributed by atoms with Crippen molar-refractivity contribution in [1.82, 2.24) is 4.90 Å². The summed E-state index contributed by atoms with van der Waals surface area (Å²) in [5, 5.41) is 9.79. The number of nitrogens with zero attached hydrogens (tertiary/aromatic N) is 1. The van der Waals surface area contributed by atoms with Crippen LogP contribution in [-0.4, -0.2) is 35.0 Å². The maximum Gasteiger partial charge on any atom is 0.314 e. The highest BCUT2D eigenvalue weighted by Gasteiger charge is 2.43. The van der Waals surface area contributed by atoms with Gasteiger partial charge in [0.1, 0.15) is 5.82 Å². The van der Waals surface area contributed by atoms with Crippen LogP contribution in [0, 0.1) is 5.82 Å². The summed E-state index contributed by atoms with van der Waals surface area (Å²) < 4.78 is 13.7. The molecule has 0 aromatic heterocycles.